The molecule has 1 saturated heterocycles. The van der Waals surface area contributed by atoms with Gasteiger partial charge in [0.15, 0.2) is 0 Å². The predicted molar refractivity (Wildman–Crippen MR) is 106 cm³/mol. The molecule has 2 heterocycles. The van der Waals surface area contributed by atoms with Gasteiger partial charge in [0.2, 0.25) is 11.8 Å². The van der Waals surface area contributed by atoms with Crippen molar-refractivity contribution >= 4 is 23.4 Å². The number of likely N-dealkylation sites (tertiary alicyclic amines) is 1. The lowest BCUT2D eigenvalue weighted by Gasteiger charge is -2.19. The zero-order valence-corrected chi connectivity index (χ0v) is 16.3. The fourth-order valence-electron chi connectivity index (χ4n) is 3.21. The van der Waals surface area contributed by atoms with Crippen LogP contribution < -0.4 is 10.6 Å². The fraction of sp³-hybridized carbons (Fsp3) is 0.286. The van der Waals surface area contributed by atoms with Crippen LogP contribution in [-0.2, 0) is 16.0 Å². The third-order valence-corrected chi connectivity index (χ3v) is 4.69. The minimum absolute atomic E-state index is 0.0628. The molecule has 2 aromatic rings. The number of rotatable bonds is 6. The Kier molecular flexibility index (Phi) is 6.55. The largest absolute Gasteiger partial charge is 0.343 e. The van der Waals surface area contributed by atoms with Crippen LogP contribution in [0.3, 0.4) is 0 Å². The van der Waals surface area contributed by atoms with Gasteiger partial charge in [-0.2, -0.15) is 5.26 Å². The molecular weight excluding hydrogens is 408 g/mol. The second kappa shape index (κ2) is 9.30. The number of nitrogens with one attached hydrogen (secondary N) is 2. The van der Waals surface area contributed by atoms with Crippen LogP contribution in [0.25, 0.3) is 0 Å². The van der Waals surface area contributed by atoms with Crippen LogP contribution in [0.15, 0.2) is 48.8 Å². The molecule has 0 bridgehead atoms. The van der Waals surface area contributed by atoms with Crippen molar-refractivity contribution in [1.29, 1.82) is 5.26 Å². The molecule has 0 unspecified atom stereocenters. The Balaban J connectivity index is 1.61. The van der Waals surface area contributed by atoms with Crippen molar-refractivity contribution in [3.8, 4) is 6.07 Å². The summed E-state index contributed by atoms with van der Waals surface area (Å²) in [6, 6.07) is 10.8. The summed E-state index contributed by atoms with van der Waals surface area (Å²) in [4.78, 5) is 41.7. The number of alkyl halides is 2. The molecule has 1 aliphatic heterocycles. The highest BCUT2D eigenvalue weighted by Gasteiger charge is 2.47. The SMILES string of the molecule is N#C[C@@H]1CC(F)(F)CN1C(=O)CNC(=O)c1ccncc1NC(=O)Cc1ccccc1. The lowest BCUT2D eigenvalue weighted by molar-refractivity contribution is -0.131. The molecule has 1 aliphatic rings. The van der Waals surface area contributed by atoms with Gasteiger partial charge in [-0.1, -0.05) is 30.3 Å². The number of aromatic nitrogens is 1. The molecule has 1 aromatic carbocycles. The molecule has 2 N–H and O–H groups in total. The number of carbonyl (C=O) groups is 3. The fourth-order valence-corrected chi connectivity index (χ4v) is 3.21. The van der Waals surface area contributed by atoms with Crippen LogP contribution in [0.5, 0.6) is 0 Å². The molecule has 1 aromatic heterocycles. The number of hydrogen-bond donors (Lipinski definition) is 2. The van der Waals surface area contributed by atoms with Crippen LogP contribution in [0.1, 0.15) is 22.3 Å². The van der Waals surface area contributed by atoms with Crippen molar-refractivity contribution < 1.29 is 23.2 Å². The molecule has 1 atom stereocenters. The van der Waals surface area contributed by atoms with E-state index in [9.17, 15) is 23.2 Å². The molecular formula is C21H19F2N5O3. The zero-order chi connectivity index (χ0) is 22.4. The molecule has 10 heteroatoms. The van der Waals surface area contributed by atoms with Crippen LogP contribution in [0.4, 0.5) is 14.5 Å². The first-order valence-electron chi connectivity index (χ1n) is 9.42. The van der Waals surface area contributed by atoms with Gasteiger partial charge < -0.3 is 15.5 Å². The van der Waals surface area contributed by atoms with Crippen molar-refractivity contribution in [2.45, 2.75) is 24.8 Å². The molecule has 8 nitrogen and oxygen atoms in total. The van der Waals surface area contributed by atoms with E-state index in [4.69, 9.17) is 5.26 Å². The molecule has 0 radical (unpaired) electrons. The van der Waals surface area contributed by atoms with E-state index < -0.39 is 43.3 Å². The maximum absolute atomic E-state index is 13.5. The topological polar surface area (TPSA) is 115 Å². The Morgan fingerprint density at radius 2 is 1.97 bits per heavy atom. The maximum Gasteiger partial charge on any atom is 0.268 e. The number of benzene rings is 1. The van der Waals surface area contributed by atoms with Crippen molar-refractivity contribution in [1.82, 2.24) is 15.2 Å². The number of anilines is 1. The summed E-state index contributed by atoms with van der Waals surface area (Å²) in [7, 11) is 0. The Bertz CT molecular complexity index is 1020. The lowest BCUT2D eigenvalue weighted by Crippen LogP contribution is -2.43. The van der Waals surface area contributed by atoms with Gasteiger partial charge in [-0.15, -0.1) is 0 Å². The molecule has 160 valence electrons. The number of carbonyl (C=O) groups excluding carboxylic acids is 3. The Labute approximate surface area is 176 Å². The van der Waals surface area contributed by atoms with Crippen molar-refractivity contribution in [3.05, 3.63) is 59.9 Å². The highest BCUT2D eigenvalue weighted by Crippen LogP contribution is 2.31. The number of halogens is 2. The van der Waals surface area contributed by atoms with Crippen molar-refractivity contribution in [2.75, 3.05) is 18.4 Å². The predicted octanol–water partition coefficient (Wildman–Crippen LogP) is 1.75. The van der Waals surface area contributed by atoms with Gasteiger partial charge in [0.25, 0.3) is 11.8 Å². The number of nitriles is 1. The first-order valence-corrected chi connectivity index (χ1v) is 9.42. The molecule has 3 rings (SSSR count). The highest BCUT2D eigenvalue weighted by molar-refractivity contribution is 6.04. The van der Waals surface area contributed by atoms with E-state index in [-0.39, 0.29) is 23.6 Å². The van der Waals surface area contributed by atoms with E-state index in [0.29, 0.717) is 0 Å². The van der Waals surface area contributed by atoms with Gasteiger partial charge in [0.1, 0.15) is 6.04 Å². The third-order valence-electron chi connectivity index (χ3n) is 4.69. The van der Waals surface area contributed by atoms with Gasteiger partial charge in [-0.25, -0.2) is 8.78 Å². The smallest absolute Gasteiger partial charge is 0.268 e. The zero-order valence-electron chi connectivity index (χ0n) is 16.3. The van der Waals surface area contributed by atoms with Crippen LogP contribution in [-0.4, -0.2) is 52.7 Å². The second-order valence-electron chi connectivity index (χ2n) is 7.04. The van der Waals surface area contributed by atoms with Gasteiger partial charge in [-0.05, 0) is 11.6 Å². The number of nitrogens with zero attached hydrogens (tertiary/aromatic N) is 3. The van der Waals surface area contributed by atoms with E-state index >= 15 is 0 Å². The normalized spacial score (nSPS) is 16.9. The van der Waals surface area contributed by atoms with E-state index in [1.165, 1.54) is 18.5 Å². The molecule has 3 amide bonds. The van der Waals surface area contributed by atoms with Crippen molar-refractivity contribution in [3.63, 3.8) is 0 Å². The van der Waals surface area contributed by atoms with Gasteiger partial charge in [0.05, 0.1) is 43.0 Å². The summed E-state index contributed by atoms with van der Waals surface area (Å²) in [6.07, 6.45) is 2.00. The Morgan fingerprint density at radius 3 is 2.68 bits per heavy atom. The van der Waals surface area contributed by atoms with Crippen LogP contribution in [0, 0.1) is 11.3 Å². The van der Waals surface area contributed by atoms with Gasteiger partial charge in [-0.3, -0.25) is 19.4 Å². The summed E-state index contributed by atoms with van der Waals surface area (Å²) >= 11 is 0. The quantitative estimate of drug-likeness (QED) is 0.729. The first-order chi connectivity index (χ1) is 14.8. The number of amides is 3. The molecule has 0 saturated carbocycles. The lowest BCUT2D eigenvalue weighted by atomic mass is 10.1. The minimum Gasteiger partial charge on any atom is -0.343 e. The summed E-state index contributed by atoms with van der Waals surface area (Å²) in [6.45, 7) is -1.43. The van der Waals surface area contributed by atoms with Crippen LogP contribution in [0.2, 0.25) is 0 Å². The summed E-state index contributed by atoms with van der Waals surface area (Å²) in [5, 5.41) is 13.9. The summed E-state index contributed by atoms with van der Waals surface area (Å²) in [5.74, 6) is -4.98. The van der Waals surface area contributed by atoms with Crippen molar-refractivity contribution in [2.24, 2.45) is 0 Å². The summed E-state index contributed by atoms with van der Waals surface area (Å²) in [5.41, 5.74) is 0.999. The number of hydrogen-bond acceptors (Lipinski definition) is 5. The monoisotopic (exact) mass is 427 g/mol. The molecule has 1 fully saturated rings. The minimum atomic E-state index is -3.14. The van der Waals surface area contributed by atoms with E-state index in [0.717, 1.165) is 10.5 Å². The Morgan fingerprint density at radius 1 is 1.23 bits per heavy atom. The van der Waals surface area contributed by atoms with E-state index in [1.807, 2.05) is 6.07 Å². The first kappa shape index (κ1) is 21.8. The average Bonchev–Trinajstić information content (AvgIpc) is 3.07. The molecule has 31 heavy (non-hydrogen) atoms. The highest BCUT2D eigenvalue weighted by atomic mass is 19.3. The molecule has 0 aliphatic carbocycles. The van der Waals surface area contributed by atoms with E-state index in [2.05, 4.69) is 15.6 Å². The average molecular weight is 427 g/mol. The standard InChI is InChI=1S/C21H19F2N5O3/c22-21(23)9-15(10-24)28(13-21)19(30)12-26-20(31)16-6-7-25-11-17(16)27-18(29)8-14-4-2-1-3-5-14/h1-7,11,15H,8-9,12-13H2,(H,26,31)(H,27,29)/t15-/m0/s1. The maximum atomic E-state index is 13.5. The second-order valence-corrected chi connectivity index (χ2v) is 7.04. The third kappa shape index (κ3) is 5.60. The van der Waals surface area contributed by atoms with E-state index in [1.54, 1.807) is 30.3 Å². The van der Waals surface area contributed by atoms with Gasteiger partial charge in [0, 0.05) is 12.6 Å². The van der Waals surface area contributed by atoms with Gasteiger partial charge >= 0.3 is 0 Å². The summed E-state index contributed by atoms with van der Waals surface area (Å²) < 4.78 is 27.0. The Hall–Kier alpha value is -3.87. The van der Waals surface area contributed by atoms with Crippen LogP contribution >= 0.6 is 0 Å². The number of pyridine rings is 1. The molecule has 0 spiro atoms.